The number of hydrogen-bond acceptors (Lipinski definition) is 8. The number of thiazole rings is 2. The van der Waals surface area contributed by atoms with Crippen molar-refractivity contribution in [2.75, 3.05) is 18.1 Å². The van der Waals surface area contributed by atoms with Crippen molar-refractivity contribution in [3.8, 4) is 0 Å². The van der Waals surface area contributed by atoms with Crippen molar-refractivity contribution < 1.29 is 13.2 Å². The van der Waals surface area contributed by atoms with Gasteiger partial charge >= 0.3 is 0 Å². The van der Waals surface area contributed by atoms with Crippen molar-refractivity contribution in [1.29, 1.82) is 0 Å². The van der Waals surface area contributed by atoms with E-state index in [2.05, 4.69) is 15.3 Å². The Morgan fingerprint density at radius 3 is 2.50 bits per heavy atom. The minimum absolute atomic E-state index is 0.0396. The van der Waals surface area contributed by atoms with E-state index in [1.165, 1.54) is 23.5 Å². The van der Waals surface area contributed by atoms with Crippen LogP contribution in [0, 0.1) is 0 Å². The third-order valence-electron chi connectivity index (χ3n) is 6.05. The molecule has 3 heterocycles. The molecule has 2 aromatic carbocycles. The highest BCUT2D eigenvalue weighted by Gasteiger charge is 2.32. The predicted molar refractivity (Wildman–Crippen MR) is 141 cm³/mol. The summed E-state index contributed by atoms with van der Waals surface area (Å²) in [5.41, 5.74) is 2.13. The Bertz CT molecular complexity index is 1460. The summed E-state index contributed by atoms with van der Waals surface area (Å²) in [5.74, 6) is -0.322. The van der Waals surface area contributed by atoms with E-state index in [-0.39, 0.29) is 16.8 Å². The zero-order chi connectivity index (χ0) is 23.9. The van der Waals surface area contributed by atoms with Crippen LogP contribution in [0.3, 0.4) is 0 Å². The van der Waals surface area contributed by atoms with Crippen LogP contribution < -0.4 is 5.32 Å². The van der Waals surface area contributed by atoms with Crippen molar-refractivity contribution >= 4 is 75.9 Å². The highest BCUT2D eigenvalue weighted by molar-refractivity contribution is 8.00. The molecule has 7 nitrogen and oxygen atoms in total. The van der Waals surface area contributed by atoms with E-state index >= 15 is 0 Å². The van der Waals surface area contributed by atoms with Gasteiger partial charge in [-0.05, 0) is 61.9 Å². The third-order valence-corrected chi connectivity index (χ3v) is 11.2. The van der Waals surface area contributed by atoms with Crippen LogP contribution in [0.5, 0.6) is 0 Å². The molecule has 1 saturated heterocycles. The van der Waals surface area contributed by atoms with Crippen LogP contribution in [0.4, 0.5) is 5.13 Å². The lowest BCUT2D eigenvalue weighted by atomic mass is 10.0. The molecule has 1 N–H and O–H groups in total. The molecule has 0 bridgehead atoms. The molecule has 0 saturated carbocycles. The summed E-state index contributed by atoms with van der Waals surface area (Å²) < 4.78 is 31.0. The smallest absolute Gasteiger partial charge is 0.257 e. The molecule has 1 aliphatic heterocycles. The SMILES string of the molecule is CCC1CCCCN1S(=O)(=O)c1ccc(C(=O)Nc2nc3ccc4nc(SC)sc4c3s2)cc1. The van der Waals surface area contributed by atoms with Crippen molar-refractivity contribution in [2.45, 2.75) is 47.9 Å². The minimum Gasteiger partial charge on any atom is -0.298 e. The Kier molecular flexibility index (Phi) is 6.64. The van der Waals surface area contributed by atoms with E-state index < -0.39 is 10.0 Å². The average Bonchev–Trinajstić information content (AvgIpc) is 3.47. The van der Waals surface area contributed by atoms with Crippen molar-refractivity contribution in [1.82, 2.24) is 14.3 Å². The molecule has 0 aliphatic carbocycles. The van der Waals surface area contributed by atoms with Gasteiger partial charge in [-0.2, -0.15) is 4.31 Å². The molecule has 1 amide bonds. The number of sulfonamides is 1. The van der Waals surface area contributed by atoms with E-state index in [0.717, 1.165) is 50.5 Å². The zero-order valence-electron chi connectivity index (χ0n) is 18.8. The number of piperidine rings is 1. The Hall–Kier alpha value is -2.05. The molecule has 1 aliphatic rings. The molecule has 1 fully saturated rings. The summed E-state index contributed by atoms with van der Waals surface area (Å²) >= 11 is 4.65. The van der Waals surface area contributed by atoms with Crippen LogP contribution in [0.15, 0.2) is 45.6 Å². The number of benzene rings is 2. The summed E-state index contributed by atoms with van der Waals surface area (Å²) in [4.78, 5) is 22.2. The first-order chi connectivity index (χ1) is 16.4. The highest BCUT2D eigenvalue weighted by atomic mass is 32.2. The lowest BCUT2D eigenvalue weighted by molar-refractivity contribution is 0.102. The first-order valence-electron chi connectivity index (χ1n) is 11.1. The van der Waals surface area contributed by atoms with Gasteiger partial charge in [0.25, 0.3) is 5.91 Å². The van der Waals surface area contributed by atoms with Crippen molar-refractivity contribution in [3.63, 3.8) is 0 Å². The zero-order valence-corrected chi connectivity index (χ0v) is 22.0. The second-order valence-corrected chi connectivity index (χ2v) is 13.1. The van der Waals surface area contributed by atoms with Gasteiger partial charge in [0.05, 0.1) is 25.3 Å². The van der Waals surface area contributed by atoms with Gasteiger partial charge in [0.1, 0.15) is 0 Å². The van der Waals surface area contributed by atoms with Crippen LogP contribution >= 0.6 is 34.4 Å². The molecular formula is C23H24N4O3S4. The van der Waals surface area contributed by atoms with Gasteiger partial charge < -0.3 is 0 Å². The summed E-state index contributed by atoms with van der Waals surface area (Å²) in [5, 5.41) is 3.36. The molecule has 11 heteroatoms. The number of hydrogen-bond donors (Lipinski definition) is 1. The number of nitrogens with zero attached hydrogens (tertiary/aromatic N) is 3. The van der Waals surface area contributed by atoms with E-state index in [1.807, 2.05) is 25.3 Å². The second kappa shape index (κ2) is 9.54. The molecule has 1 atom stereocenters. The number of fused-ring (bicyclic) bond motifs is 3. The maximum absolute atomic E-state index is 13.2. The van der Waals surface area contributed by atoms with Gasteiger partial charge in [0.2, 0.25) is 10.0 Å². The number of carbonyl (C=O) groups is 1. The number of aromatic nitrogens is 2. The Morgan fingerprint density at radius 2 is 1.79 bits per heavy atom. The molecule has 5 rings (SSSR count). The van der Waals surface area contributed by atoms with Crippen molar-refractivity contribution in [3.05, 3.63) is 42.0 Å². The number of carbonyl (C=O) groups excluding carboxylic acids is 1. The predicted octanol–water partition coefficient (Wildman–Crippen LogP) is 5.83. The van der Waals surface area contributed by atoms with Crippen LogP contribution in [0.1, 0.15) is 43.0 Å². The Morgan fingerprint density at radius 1 is 1.09 bits per heavy atom. The van der Waals surface area contributed by atoms with Crippen LogP contribution in [-0.2, 0) is 10.0 Å². The normalized spacial score (nSPS) is 17.4. The summed E-state index contributed by atoms with van der Waals surface area (Å²) in [7, 11) is -3.58. The van der Waals surface area contributed by atoms with Gasteiger partial charge in [-0.25, -0.2) is 18.4 Å². The fourth-order valence-electron chi connectivity index (χ4n) is 4.27. The molecular weight excluding hydrogens is 509 g/mol. The van der Waals surface area contributed by atoms with Crippen molar-refractivity contribution in [2.24, 2.45) is 0 Å². The monoisotopic (exact) mass is 532 g/mol. The number of thioether (sulfide) groups is 1. The average molecular weight is 533 g/mol. The Balaban J connectivity index is 1.36. The lowest BCUT2D eigenvalue weighted by Gasteiger charge is -2.34. The third kappa shape index (κ3) is 4.35. The summed E-state index contributed by atoms with van der Waals surface area (Å²) in [6.07, 6.45) is 5.63. The van der Waals surface area contributed by atoms with Gasteiger partial charge in [0, 0.05) is 18.2 Å². The number of amides is 1. The standard InChI is InChI=1S/C23H24N4O3S4/c1-3-15-6-4-5-13-27(15)34(29,30)16-9-7-14(8-10-16)21(28)26-22-24-17-11-12-18-20(19(17)32-22)33-23(25-18)31-2/h7-12,15H,3-6,13H2,1-2H3,(H,24,26,28). The van der Waals surface area contributed by atoms with Gasteiger partial charge in [0.15, 0.2) is 9.47 Å². The van der Waals surface area contributed by atoms with Crippen LogP contribution in [-0.4, -0.2) is 47.4 Å². The first-order valence-corrected chi connectivity index (χ1v) is 15.4. The molecule has 178 valence electrons. The molecule has 1 unspecified atom stereocenters. The maximum Gasteiger partial charge on any atom is 0.257 e. The van der Waals surface area contributed by atoms with Crippen LogP contribution in [0.25, 0.3) is 20.4 Å². The van der Waals surface area contributed by atoms with Crippen LogP contribution in [0.2, 0.25) is 0 Å². The number of rotatable bonds is 6. The van der Waals surface area contributed by atoms with E-state index in [0.29, 0.717) is 17.2 Å². The molecule has 0 spiro atoms. The van der Waals surface area contributed by atoms with Gasteiger partial charge in [-0.1, -0.05) is 36.4 Å². The second-order valence-electron chi connectivity index (χ2n) is 8.12. The lowest BCUT2D eigenvalue weighted by Crippen LogP contribution is -2.43. The molecule has 2 aromatic heterocycles. The van der Waals surface area contributed by atoms with E-state index in [1.54, 1.807) is 39.5 Å². The fourth-order valence-corrected chi connectivity index (χ4v) is 8.70. The minimum atomic E-state index is -3.58. The van der Waals surface area contributed by atoms with Gasteiger partial charge in [-0.15, -0.1) is 11.3 Å². The molecule has 4 aromatic rings. The number of anilines is 1. The summed E-state index contributed by atoms with van der Waals surface area (Å²) in [6, 6.07) is 10.1. The topological polar surface area (TPSA) is 92.3 Å². The number of nitrogens with one attached hydrogen (secondary N) is 1. The van der Waals surface area contributed by atoms with E-state index in [9.17, 15) is 13.2 Å². The van der Waals surface area contributed by atoms with Gasteiger partial charge in [-0.3, -0.25) is 10.1 Å². The maximum atomic E-state index is 13.2. The van der Waals surface area contributed by atoms with E-state index in [4.69, 9.17) is 0 Å². The fraction of sp³-hybridized carbons (Fsp3) is 0.348. The quantitative estimate of drug-likeness (QED) is 0.314. The molecule has 0 radical (unpaired) electrons. The summed E-state index contributed by atoms with van der Waals surface area (Å²) in [6.45, 7) is 2.57. The first kappa shape index (κ1) is 23.7. The largest absolute Gasteiger partial charge is 0.298 e. The highest BCUT2D eigenvalue weighted by Crippen LogP contribution is 2.38. The Labute approximate surface area is 210 Å². The molecule has 34 heavy (non-hydrogen) atoms.